The number of alkyl halides is 1. The van der Waals surface area contributed by atoms with E-state index in [1.165, 1.54) is 0 Å². The molecule has 0 spiro atoms. The Hall–Kier alpha value is -2.29. The Morgan fingerprint density at radius 2 is 2.15 bits per heavy atom. The van der Waals surface area contributed by atoms with E-state index >= 15 is 4.39 Å². The number of thioether (sulfide) groups is 1. The second-order valence-corrected chi connectivity index (χ2v) is 9.65. The topological polar surface area (TPSA) is 71.4 Å². The molecule has 3 aromatic rings. The number of rotatable bonds is 10. The third-order valence-corrected chi connectivity index (χ3v) is 7.43. The number of aliphatic hydroxyl groups is 1. The summed E-state index contributed by atoms with van der Waals surface area (Å²) in [5.74, 6) is 2.16. The van der Waals surface area contributed by atoms with Crippen molar-refractivity contribution < 1.29 is 14.2 Å². The zero-order valence-corrected chi connectivity index (χ0v) is 19.8. The first-order valence-electron chi connectivity index (χ1n) is 11.5. The highest BCUT2D eigenvalue weighted by Gasteiger charge is 2.29. The van der Waals surface area contributed by atoms with E-state index in [1.807, 2.05) is 30.3 Å². The number of aromatic nitrogens is 3. The molecule has 8 heteroatoms. The number of hydrogen-bond acceptors (Lipinski definition) is 7. The molecule has 3 atom stereocenters. The Bertz CT molecular complexity index is 1030. The van der Waals surface area contributed by atoms with E-state index < -0.39 is 6.17 Å². The summed E-state index contributed by atoms with van der Waals surface area (Å²) in [5, 5.41) is 19.8. The van der Waals surface area contributed by atoms with Gasteiger partial charge < -0.3 is 14.7 Å². The average Bonchev–Trinajstić information content (AvgIpc) is 2.87. The Morgan fingerprint density at radius 3 is 2.94 bits per heavy atom. The molecule has 0 saturated carbocycles. The molecular formula is C25H31FN4O2S. The second kappa shape index (κ2) is 11.7. The molecular weight excluding hydrogens is 439 g/mol. The summed E-state index contributed by atoms with van der Waals surface area (Å²) in [7, 11) is 1.61. The second-order valence-electron chi connectivity index (χ2n) is 8.53. The van der Waals surface area contributed by atoms with Gasteiger partial charge in [0, 0.05) is 43.2 Å². The van der Waals surface area contributed by atoms with Crippen LogP contribution in [0.1, 0.15) is 31.0 Å². The number of nitrogens with zero attached hydrogens (tertiary/aromatic N) is 4. The fraction of sp³-hybridized carbons (Fsp3) is 0.480. The Morgan fingerprint density at radius 1 is 1.24 bits per heavy atom. The van der Waals surface area contributed by atoms with Gasteiger partial charge in [0.05, 0.1) is 12.6 Å². The average molecular weight is 471 g/mol. The normalized spacial score (nSPS) is 20.1. The quantitative estimate of drug-likeness (QED) is 0.436. The summed E-state index contributed by atoms with van der Waals surface area (Å²) in [6, 6.07) is 11.2. The van der Waals surface area contributed by atoms with Crippen LogP contribution >= 0.6 is 11.8 Å². The number of fused-ring (bicyclic) bond motifs is 1. The maximum atomic E-state index is 15.3. The van der Waals surface area contributed by atoms with Gasteiger partial charge in [-0.25, -0.2) is 4.39 Å². The first-order valence-corrected chi connectivity index (χ1v) is 12.5. The first-order chi connectivity index (χ1) is 16.2. The van der Waals surface area contributed by atoms with Crippen molar-refractivity contribution in [3.05, 3.63) is 54.4 Å². The van der Waals surface area contributed by atoms with Gasteiger partial charge in [0.1, 0.15) is 16.9 Å². The van der Waals surface area contributed by atoms with E-state index in [0.717, 1.165) is 54.2 Å². The maximum absolute atomic E-state index is 15.3. The maximum Gasteiger partial charge on any atom is 0.126 e. The number of methoxy groups -OCH3 is 1. The third kappa shape index (κ3) is 6.19. The van der Waals surface area contributed by atoms with E-state index in [9.17, 15) is 5.11 Å². The largest absolute Gasteiger partial charge is 0.497 e. The van der Waals surface area contributed by atoms with Crippen molar-refractivity contribution >= 4 is 22.7 Å². The van der Waals surface area contributed by atoms with Crippen LogP contribution < -0.4 is 4.74 Å². The highest BCUT2D eigenvalue weighted by molar-refractivity contribution is 7.99. The molecule has 0 radical (unpaired) electrons. The molecule has 1 aliphatic heterocycles. The monoisotopic (exact) mass is 470 g/mol. The molecule has 4 rings (SSSR count). The number of piperidine rings is 1. The van der Waals surface area contributed by atoms with Crippen molar-refractivity contribution in [3.8, 4) is 5.75 Å². The summed E-state index contributed by atoms with van der Waals surface area (Å²) in [5.41, 5.74) is 1.44. The van der Waals surface area contributed by atoms with Gasteiger partial charge in [-0.1, -0.05) is 0 Å². The lowest BCUT2D eigenvalue weighted by Gasteiger charge is -2.38. The van der Waals surface area contributed by atoms with Gasteiger partial charge in [-0.3, -0.25) is 4.98 Å². The lowest BCUT2D eigenvalue weighted by molar-refractivity contribution is 0.0672. The van der Waals surface area contributed by atoms with Gasteiger partial charge >= 0.3 is 0 Å². The lowest BCUT2D eigenvalue weighted by Crippen LogP contribution is -2.43. The number of hydrogen-bond donors (Lipinski definition) is 1. The molecule has 176 valence electrons. The van der Waals surface area contributed by atoms with E-state index in [1.54, 1.807) is 37.3 Å². The summed E-state index contributed by atoms with van der Waals surface area (Å²) >= 11 is 1.70. The van der Waals surface area contributed by atoms with Crippen molar-refractivity contribution in [1.82, 2.24) is 20.1 Å². The molecule has 3 heterocycles. The standard InChI is InChI=1S/C25H31FN4O2S/c1-32-20-5-7-24-22(15-20)21(8-11-27-24)23(26)6-4-18-9-12-30(16-19(18)17-31)13-14-33-25-3-2-10-28-29-25/h2-3,5,7-8,10-11,15,18-19,23,31H,4,6,9,12-14,16-17H2,1H3/t18-,19-,23+/m1/s1. The van der Waals surface area contributed by atoms with Crippen LogP contribution in [0.4, 0.5) is 4.39 Å². The van der Waals surface area contributed by atoms with Crippen molar-refractivity contribution in [3.63, 3.8) is 0 Å². The van der Waals surface area contributed by atoms with Crippen molar-refractivity contribution in [1.29, 1.82) is 0 Å². The summed E-state index contributed by atoms with van der Waals surface area (Å²) in [4.78, 5) is 6.76. The Balaban J connectivity index is 1.30. The van der Waals surface area contributed by atoms with Crippen LogP contribution in [-0.2, 0) is 0 Å². The molecule has 0 bridgehead atoms. The molecule has 0 unspecified atom stereocenters. The molecule has 33 heavy (non-hydrogen) atoms. The Labute approximate surface area is 198 Å². The van der Waals surface area contributed by atoms with Crippen LogP contribution in [0.25, 0.3) is 10.9 Å². The van der Waals surface area contributed by atoms with Crippen LogP contribution in [0.2, 0.25) is 0 Å². The molecule has 0 amide bonds. The van der Waals surface area contributed by atoms with E-state index in [0.29, 0.717) is 23.7 Å². The smallest absolute Gasteiger partial charge is 0.126 e. The fourth-order valence-corrected chi connectivity index (χ4v) is 5.49. The fourth-order valence-electron chi connectivity index (χ4n) is 4.65. The lowest BCUT2D eigenvalue weighted by atomic mass is 9.81. The zero-order chi connectivity index (χ0) is 23.0. The van der Waals surface area contributed by atoms with Gasteiger partial charge in [-0.2, -0.15) is 5.10 Å². The number of ether oxygens (including phenoxy) is 1. The SMILES string of the molecule is COc1ccc2nccc([C@@H](F)CC[C@@H]3CCN(CCSc4cccnn4)C[C@@H]3CO)c2c1. The highest BCUT2D eigenvalue weighted by Crippen LogP contribution is 2.35. The predicted octanol–water partition coefficient (Wildman–Crippen LogP) is 4.55. The van der Waals surface area contributed by atoms with Gasteiger partial charge in [0.2, 0.25) is 0 Å². The predicted molar refractivity (Wildman–Crippen MR) is 129 cm³/mol. The van der Waals surface area contributed by atoms with E-state index in [4.69, 9.17) is 4.74 Å². The van der Waals surface area contributed by atoms with Crippen LogP contribution in [0.5, 0.6) is 5.75 Å². The summed E-state index contributed by atoms with van der Waals surface area (Å²) in [6.07, 6.45) is 4.48. The van der Waals surface area contributed by atoms with Gasteiger partial charge in [0.15, 0.2) is 0 Å². The number of benzene rings is 1. The molecule has 1 saturated heterocycles. The summed E-state index contributed by atoms with van der Waals surface area (Å²) in [6.45, 7) is 2.93. The summed E-state index contributed by atoms with van der Waals surface area (Å²) < 4.78 is 20.6. The molecule has 1 fully saturated rings. The van der Waals surface area contributed by atoms with Gasteiger partial charge in [-0.05, 0) is 79.6 Å². The van der Waals surface area contributed by atoms with Gasteiger partial charge in [-0.15, -0.1) is 16.9 Å². The van der Waals surface area contributed by atoms with Crippen molar-refractivity contribution in [2.24, 2.45) is 11.8 Å². The zero-order valence-electron chi connectivity index (χ0n) is 18.9. The number of pyridine rings is 1. The molecule has 1 aliphatic rings. The molecule has 0 aliphatic carbocycles. The van der Waals surface area contributed by atoms with Crippen LogP contribution in [0.3, 0.4) is 0 Å². The molecule has 1 N–H and O–H groups in total. The van der Waals surface area contributed by atoms with E-state index in [2.05, 4.69) is 20.1 Å². The molecule has 6 nitrogen and oxygen atoms in total. The third-order valence-electron chi connectivity index (χ3n) is 6.53. The minimum atomic E-state index is -1.07. The minimum absolute atomic E-state index is 0.144. The van der Waals surface area contributed by atoms with Crippen LogP contribution in [0.15, 0.2) is 53.8 Å². The van der Waals surface area contributed by atoms with Crippen LogP contribution in [-0.4, -0.2) is 64.3 Å². The van der Waals surface area contributed by atoms with Crippen molar-refractivity contribution in [2.45, 2.75) is 30.5 Å². The first kappa shape index (κ1) is 23.9. The molecule has 1 aromatic carbocycles. The Kier molecular flexibility index (Phi) is 8.47. The number of aliphatic hydroxyl groups excluding tert-OH is 1. The van der Waals surface area contributed by atoms with Crippen LogP contribution in [0, 0.1) is 11.8 Å². The highest BCUT2D eigenvalue weighted by atomic mass is 32.2. The van der Waals surface area contributed by atoms with E-state index in [-0.39, 0.29) is 12.5 Å². The number of halogens is 1. The minimum Gasteiger partial charge on any atom is -0.497 e. The molecule has 2 aromatic heterocycles. The van der Waals surface area contributed by atoms with Gasteiger partial charge in [0.25, 0.3) is 0 Å². The van der Waals surface area contributed by atoms with Crippen molar-refractivity contribution in [2.75, 3.05) is 39.1 Å². The number of likely N-dealkylation sites (tertiary alicyclic amines) is 1.